The highest BCUT2D eigenvalue weighted by Crippen LogP contribution is 2.28. The zero-order chi connectivity index (χ0) is 13.4. The van der Waals surface area contributed by atoms with Gasteiger partial charge in [-0.25, -0.2) is 0 Å². The summed E-state index contributed by atoms with van der Waals surface area (Å²) in [6.07, 6.45) is 4.98. The van der Waals surface area contributed by atoms with Gasteiger partial charge in [0.25, 0.3) is 5.91 Å². The van der Waals surface area contributed by atoms with Gasteiger partial charge in [0.15, 0.2) is 0 Å². The molecule has 2 atom stereocenters. The predicted octanol–water partition coefficient (Wildman–Crippen LogP) is 2.72. The normalized spacial score (nSPS) is 27.3. The number of aryl methyl sites for hydroxylation is 2. The maximum absolute atomic E-state index is 12.4. The molecular weight excluding hydrogens is 256 g/mol. The Labute approximate surface area is 119 Å². The Morgan fingerprint density at radius 3 is 2.89 bits per heavy atom. The Balaban J connectivity index is 1.68. The van der Waals surface area contributed by atoms with Crippen LogP contribution in [-0.4, -0.2) is 36.0 Å². The Morgan fingerprint density at radius 2 is 2.16 bits per heavy atom. The Kier molecular flexibility index (Phi) is 3.63. The fourth-order valence-electron chi connectivity index (χ4n) is 3.52. The number of carbonyl (C=O) groups excluding carboxylic acids is 1. The van der Waals surface area contributed by atoms with E-state index in [1.54, 1.807) is 11.3 Å². The second-order valence-corrected chi connectivity index (χ2v) is 7.26. The van der Waals surface area contributed by atoms with E-state index in [0.29, 0.717) is 12.1 Å². The highest BCUT2D eigenvalue weighted by atomic mass is 32.1. The van der Waals surface area contributed by atoms with E-state index in [1.165, 1.54) is 30.7 Å². The molecule has 1 N–H and O–H groups in total. The van der Waals surface area contributed by atoms with E-state index in [0.717, 1.165) is 23.4 Å². The van der Waals surface area contributed by atoms with Crippen molar-refractivity contribution >= 4 is 17.2 Å². The molecule has 1 amide bonds. The fraction of sp³-hybridized carbons (Fsp3) is 0.667. The van der Waals surface area contributed by atoms with Crippen molar-refractivity contribution in [2.24, 2.45) is 0 Å². The number of thiophene rings is 1. The van der Waals surface area contributed by atoms with Crippen molar-refractivity contribution in [3.05, 3.63) is 21.4 Å². The molecule has 0 spiro atoms. The number of carbonyl (C=O) groups is 1. The lowest BCUT2D eigenvalue weighted by Crippen LogP contribution is -2.46. The van der Waals surface area contributed by atoms with Crippen LogP contribution in [-0.2, 0) is 0 Å². The van der Waals surface area contributed by atoms with Crippen molar-refractivity contribution < 1.29 is 4.79 Å². The molecule has 19 heavy (non-hydrogen) atoms. The van der Waals surface area contributed by atoms with Gasteiger partial charge in [0, 0.05) is 28.4 Å². The molecule has 3 nitrogen and oxygen atoms in total. The summed E-state index contributed by atoms with van der Waals surface area (Å²) in [5.74, 6) is 0.124. The summed E-state index contributed by atoms with van der Waals surface area (Å²) in [4.78, 5) is 17.3. The highest BCUT2D eigenvalue weighted by Gasteiger charge is 2.36. The second-order valence-electron chi connectivity index (χ2n) is 5.79. The summed E-state index contributed by atoms with van der Waals surface area (Å²) < 4.78 is 0. The highest BCUT2D eigenvalue weighted by molar-refractivity contribution is 7.12. The third kappa shape index (κ3) is 2.56. The minimum absolute atomic E-state index is 0.124. The van der Waals surface area contributed by atoms with Gasteiger partial charge in [-0.1, -0.05) is 6.42 Å². The number of fused-ring (bicyclic) bond motifs is 1. The van der Waals surface area contributed by atoms with Gasteiger partial charge >= 0.3 is 0 Å². The van der Waals surface area contributed by atoms with Crippen LogP contribution >= 0.6 is 11.3 Å². The second kappa shape index (κ2) is 5.25. The molecule has 0 aliphatic carbocycles. The van der Waals surface area contributed by atoms with Crippen LogP contribution in [0.2, 0.25) is 0 Å². The SMILES string of the molecule is Cc1cc(C(=O)N[C@H]2CCN3CCCC[C@H]23)c(C)s1. The molecule has 3 rings (SSSR count). The van der Waals surface area contributed by atoms with Crippen LogP contribution in [0.4, 0.5) is 0 Å². The number of hydrogen-bond acceptors (Lipinski definition) is 3. The van der Waals surface area contributed by atoms with Crippen LogP contribution in [0, 0.1) is 13.8 Å². The molecule has 1 aromatic rings. The minimum atomic E-state index is 0.124. The average molecular weight is 278 g/mol. The van der Waals surface area contributed by atoms with Crippen LogP contribution in [0.25, 0.3) is 0 Å². The maximum Gasteiger partial charge on any atom is 0.252 e. The molecule has 1 aromatic heterocycles. The quantitative estimate of drug-likeness (QED) is 0.902. The molecule has 2 saturated heterocycles. The lowest BCUT2D eigenvalue weighted by atomic mass is 9.99. The summed E-state index contributed by atoms with van der Waals surface area (Å²) in [7, 11) is 0. The Bertz CT molecular complexity index is 482. The zero-order valence-corrected chi connectivity index (χ0v) is 12.6. The first-order valence-corrected chi connectivity index (χ1v) is 8.09. The van der Waals surface area contributed by atoms with Gasteiger partial charge < -0.3 is 5.32 Å². The van der Waals surface area contributed by atoms with Crippen LogP contribution in [0.3, 0.4) is 0 Å². The molecule has 0 bridgehead atoms. The molecule has 2 fully saturated rings. The van der Waals surface area contributed by atoms with E-state index < -0.39 is 0 Å². The summed E-state index contributed by atoms with van der Waals surface area (Å²) in [5, 5.41) is 3.27. The first kappa shape index (κ1) is 13.1. The third-order valence-corrected chi connectivity index (χ3v) is 5.42. The number of hydrogen-bond donors (Lipinski definition) is 1. The van der Waals surface area contributed by atoms with Crippen molar-refractivity contribution in [1.29, 1.82) is 0 Å². The number of nitrogens with zero attached hydrogens (tertiary/aromatic N) is 1. The molecular formula is C15H22N2OS. The molecule has 2 aliphatic heterocycles. The summed E-state index contributed by atoms with van der Waals surface area (Å²) in [6.45, 7) is 6.46. The number of rotatable bonds is 2. The topological polar surface area (TPSA) is 32.3 Å². The van der Waals surface area contributed by atoms with Crippen LogP contribution in [0.15, 0.2) is 6.07 Å². The molecule has 4 heteroatoms. The van der Waals surface area contributed by atoms with Crippen molar-refractivity contribution in [2.75, 3.05) is 13.1 Å². The number of nitrogens with one attached hydrogen (secondary N) is 1. The van der Waals surface area contributed by atoms with Crippen molar-refractivity contribution in [3.63, 3.8) is 0 Å². The van der Waals surface area contributed by atoms with E-state index in [-0.39, 0.29) is 5.91 Å². The van der Waals surface area contributed by atoms with Gasteiger partial charge in [-0.05, 0) is 45.7 Å². The maximum atomic E-state index is 12.4. The first-order chi connectivity index (χ1) is 9.15. The molecule has 0 saturated carbocycles. The van der Waals surface area contributed by atoms with Gasteiger partial charge in [0.2, 0.25) is 0 Å². The largest absolute Gasteiger partial charge is 0.348 e. The van der Waals surface area contributed by atoms with E-state index in [4.69, 9.17) is 0 Å². The standard InChI is InChI=1S/C15H22N2OS/c1-10-9-12(11(2)19-10)15(18)16-13-6-8-17-7-4-3-5-14(13)17/h9,13-14H,3-8H2,1-2H3,(H,16,18)/t13-,14+/m0/s1. The van der Waals surface area contributed by atoms with Gasteiger partial charge in [0.1, 0.15) is 0 Å². The number of piperidine rings is 1. The fourth-order valence-corrected chi connectivity index (χ4v) is 4.44. The molecule has 0 unspecified atom stereocenters. The van der Waals surface area contributed by atoms with Crippen LogP contribution in [0.5, 0.6) is 0 Å². The van der Waals surface area contributed by atoms with E-state index in [2.05, 4.69) is 17.1 Å². The number of amides is 1. The van der Waals surface area contributed by atoms with Gasteiger partial charge in [-0.15, -0.1) is 11.3 Å². The summed E-state index contributed by atoms with van der Waals surface area (Å²) in [5.41, 5.74) is 0.872. The third-order valence-electron chi connectivity index (χ3n) is 4.46. The van der Waals surface area contributed by atoms with Crippen LogP contribution < -0.4 is 5.32 Å². The van der Waals surface area contributed by atoms with Crippen LogP contribution in [0.1, 0.15) is 45.8 Å². The van der Waals surface area contributed by atoms with E-state index in [9.17, 15) is 4.79 Å². The van der Waals surface area contributed by atoms with Crippen molar-refractivity contribution in [2.45, 2.75) is 51.6 Å². The van der Waals surface area contributed by atoms with Gasteiger partial charge in [-0.3, -0.25) is 9.69 Å². The van der Waals surface area contributed by atoms with Crippen molar-refractivity contribution in [1.82, 2.24) is 10.2 Å². The molecule has 0 aromatic carbocycles. The smallest absolute Gasteiger partial charge is 0.252 e. The summed E-state index contributed by atoms with van der Waals surface area (Å²) in [6, 6.07) is 2.95. The van der Waals surface area contributed by atoms with E-state index in [1.807, 2.05) is 13.0 Å². The molecule has 0 radical (unpaired) electrons. The Hall–Kier alpha value is -0.870. The monoisotopic (exact) mass is 278 g/mol. The van der Waals surface area contributed by atoms with Gasteiger partial charge in [0.05, 0.1) is 5.56 Å². The lowest BCUT2D eigenvalue weighted by Gasteiger charge is -2.32. The minimum Gasteiger partial charge on any atom is -0.348 e. The average Bonchev–Trinajstić information content (AvgIpc) is 2.94. The lowest BCUT2D eigenvalue weighted by molar-refractivity contribution is 0.0915. The molecule has 2 aliphatic rings. The summed E-state index contributed by atoms with van der Waals surface area (Å²) >= 11 is 1.71. The Morgan fingerprint density at radius 1 is 1.32 bits per heavy atom. The molecule has 3 heterocycles. The predicted molar refractivity (Wildman–Crippen MR) is 78.9 cm³/mol. The van der Waals surface area contributed by atoms with Gasteiger partial charge in [-0.2, -0.15) is 0 Å². The first-order valence-electron chi connectivity index (χ1n) is 7.27. The van der Waals surface area contributed by atoms with E-state index >= 15 is 0 Å². The van der Waals surface area contributed by atoms with Crippen molar-refractivity contribution in [3.8, 4) is 0 Å². The molecule has 104 valence electrons. The zero-order valence-electron chi connectivity index (χ0n) is 11.7.